The topological polar surface area (TPSA) is 52.6 Å². The van der Waals surface area contributed by atoms with Crippen LogP contribution in [0.3, 0.4) is 0 Å². The molecule has 0 amide bonds. The normalized spacial score (nSPS) is 15.9. The summed E-state index contributed by atoms with van der Waals surface area (Å²) in [5, 5.41) is 0. The third kappa shape index (κ3) is 5.04. The molecule has 0 radical (unpaired) electrons. The van der Waals surface area contributed by atoms with Crippen molar-refractivity contribution < 1.29 is 19.1 Å². The number of carbonyl (C=O) groups is 2. The maximum absolute atomic E-state index is 12.6. The van der Waals surface area contributed by atoms with E-state index in [1.807, 2.05) is 42.7 Å². The summed E-state index contributed by atoms with van der Waals surface area (Å²) < 4.78 is 10.5. The number of allylic oxidation sites excluding steroid dienone is 2. The smallest absolute Gasteiger partial charge is 0.323 e. The minimum absolute atomic E-state index is 0.102. The van der Waals surface area contributed by atoms with Crippen LogP contribution in [0.25, 0.3) is 0 Å². The Morgan fingerprint density at radius 2 is 1.39 bits per heavy atom. The Hall–Kier alpha value is -2.53. The Balaban J connectivity index is 1.89. The molecule has 2 aromatic rings. The second-order valence-corrected chi connectivity index (χ2v) is 8.58. The van der Waals surface area contributed by atoms with Crippen molar-refractivity contribution in [3.05, 3.63) is 82.8 Å². The van der Waals surface area contributed by atoms with Gasteiger partial charge in [-0.15, -0.1) is 11.8 Å². The molecule has 0 atom stereocenters. The Morgan fingerprint density at radius 3 is 1.77 bits per heavy atom. The minimum Gasteiger partial charge on any atom is -0.465 e. The third-order valence-electron chi connectivity index (χ3n) is 5.81. The van der Waals surface area contributed by atoms with Crippen molar-refractivity contribution in [2.45, 2.75) is 32.6 Å². The van der Waals surface area contributed by atoms with E-state index in [2.05, 4.69) is 30.3 Å². The number of ether oxygens (including phenoxy) is 2. The van der Waals surface area contributed by atoms with Gasteiger partial charge in [0.1, 0.15) is 0 Å². The van der Waals surface area contributed by atoms with Crippen LogP contribution < -0.4 is 0 Å². The fourth-order valence-electron chi connectivity index (χ4n) is 4.18. The number of hydrogen-bond donors (Lipinski definition) is 0. The standard InChI is InChI=1S/C26H30O4S/c1-4-29-24(27)26(25(28)30-5-2)17-21(18-26)23(31-3)16-22(19-12-8-6-9-13-19)20-14-10-7-11-15-20/h6-16,21-22H,4-5,17-18H2,1-3H3/b23-16+. The number of hydrogen-bond acceptors (Lipinski definition) is 5. The van der Waals surface area contributed by atoms with E-state index in [4.69, 9.17) is 9.47 Å². The molecule has 0 unspecified atom stereocenters. The van der Waals surface area contributed by atoms with Gasteiger partial charge in [-0.3, -0.25) is 9.59 Å². The highest BCUT2D eigenvalue weighted by molar-refractivity contribution is 8.02. The molecule has 1 aliphatic rings. The van der Waals surface area contributed by atoms with Crippen LogP contribution in [0.1, 0.15) is 43.7 Å². The van der Waals surface area contributed by atoms with Gasteiger partial charge < -0.3 is 9.47 Å². The summed E-state index contributed by atoms with van der Waals surface area (Å²) in [6.45, 7) is 4.01. The summed E-state index contributed by atoms with van der Waals surface area (Å²) in [6, 6.07) is 20.8. The molecule has 0 aromatic heterocycles. The van der Waals surface area contributed by atoms with Crippen LogP contribution in [-0.2, 0) is 19.1 Å². The summed E-state index contributed by atoms with van der Waals surface area (Å²) in [5.74, 6) is -0.704. The van der Waals surface area contributed by atoms with Crippen LogP contribution in [0.4, 0.5) is 0 Å². The molecule has 1 aliphatic carbocycles. The average molecular weight is 439 g/mol. The van der Waals surface area contributed by atoms with Crippen molar-refractivity contribution in [3.8, 4) is 0 Å². The van der Waals surface area contributed by atoms with Gasteiger partial charge >= 0.3 is 11.9 Å². The molecular formula is C26H30O4S. The fourth-order valence-corrected chi connectivity index (χ4v) is 4.95. The maximum Gasteiger partial charge on any atom is 0.323 e. The van der Waals surface area contributed by atoms with Crippen molar-refractivity contribution >= 4 is 23.7 Å². The maximum atomic E-state index is 12.6. The number of carbonyl (C=O) groups excluding carboxylic acids is 2. The van der Waals surface area contributed by atoms with Crippen LogP contribution in [0.15, 0.2) is 71.6 Å². The van der Waals surface area contributed by atoms with Crippen LogP contribution >= 0.6 is 11.8 Å². The fraction of sp³-hybridized carbons (Fsp3) is 0.385. The molecule has 1 saturated carbocycles. The Morgan fingerprint density at radius 1 is 0.935 bits per heavy atom. The van der Waals surface area contributed by atoms with Gasteiger partial charge in [-0.2, -0.15) is 0 Å². The second-order valence-electron chi connectivity index (χ2n) is 7.70. The molecule has 0 aliphatic heterocycles. The first-order valence-corrected chi connectivity index (χ1v) is 12.0. The summed E-state index contributed by atoms with van der Waals surface area (Å²) in [5.41, 5.74) is 1.24. The molecule has 0 spiro atoms. The van der Waals surface area contributed by atoms with Crippen molar-refractivity contribution in [2.24, 2.45) is 11.3 Å². The zero-order chi connectivity index (χ0) is 22.3. The predicted molar refractivity (Wildman–Crippen MR) is 125 cm³/mol. The molecule has 3 rings (SSSR count). The highest BCUT2D eigenvalue weighted by atomic mass is 32.2. The lowest BCUT2D eigenvalue weighted by atomic mass is 9.61. The van der Waals surface area contributed by atoms with E-state index in [0.29, 0.717) is 12.8 Å². The third-order valence-corrected chi connectivity index (χ3v) is 6.75. The Labute approximate surface area is 189 Å². The van der Waals surface area contributed by atoms with Gasteiger partial charge in [0.2, 0.25) is 0 Å². The summed E-state index contributed by atoms with van der Waals surface area (Å²) in [7, 11) is 0. The van der Waals surface area contributed by atoms with E-state index in [-0.39, 0.29) is 25.0 Å². The lowest BCUT2D eigenvalue weighted by Gasteiger charge is -2.44. The van der Waals surface area contributed by atoms with E-state index in [1.54, 1.807) is 25.6 Å². The van der Waals surface area contributed by atoms with Gasteiger partial charge in [-0.1, -0.05) is 66.7 Å². The highest BCUT2D eigenvalue weighted by Crippen LogP contribution is 2.53. The zero-order valence-electron chi connectivity index (χ0n) is 18.4. The molecule has 31 heavy (non-hydrogen) atoms. The quantitative estimate of drug-likeness (QED) is 0.377. The lowest BCUT2D eigenvalue weighted by Crippen LogP contribution is -2.52. The molecule has 4 nitrogen and oxygen atoms in total. The molecular weight excluding hydrogens is 408 g/mol. The molecule has 0 bridgehead atoms. The number of esters is 2. The van der Waals surface area contributed by atoms with Gasteiger partial charge in [0, 0.05) is 5.92 Å². The van der Waals surface area contributed by atoms with Gasteiger partial charge in [0.25, 0.3) is 0 Å². The average Bonchev–Trinajstić information content (AvgIpc) is 2.76. The number of thioether (sulfide) groups is 1. The molecule has 0 saturated heterocycles. The second kappa shape index (κ2) is 10.7. The summed E-state index contributed by atoms with van der Waals surface area (Å²) in [4.78, 5) is 26.5. The summed E-state index contributed by atoms with van der Waals surface area (Å²) in [6.07, 6.45) is 5.18. The lowest BCUT2D eigenvalue weighted by molar-refractivity contribution is -0.181. The first-order valence-electron chi connectivity index (χ1n) is 10.8. The van der Waals surface area contributed by atoms with Crippen molar-refractivity contribution in [1.82, 2.24) is 0 Å². The SMILES string of the molecule is CCOC(=O)C1(C(=O)OCC)CC(/C(=C\C(c2ccccc2)c2ccccc2)SC)C1. The van der Waals surface area contributed by atoms with Gasteiger partial charge in [-0.25, -0.2) is 0 Å². The van der Waals surface area contributed by atoms with Crippen LogP contribution in [0.2, 0.25) is 0 Å². The van der Waals surface area contributed by atoms with Crippen LogP contribution in [-0.4, -0.2) is 31.4 Å². The minimum atomic E-state index is -1.18. The summed E-state index contributed by atoms with van der Waals surface area (Å²) >= 11 is 1.68. The predicted octanol–water partition coefficient (Wildman–Crippen LogP) is 5.59. The number of rotatable bonds is 9. The van der Waals surface area contributed by atoms with Crippen molar-refractivity contribution in [3.63, 3.8) is 0 Å². The molecule has 2 aromatic carbocycles. The zero-order valence-corrected chi connectivity index (χ0v) is 19.2. The molecule has 0 N–H and O–H groups in total. The van der Waals surface area contributed by atoms with Crippen LogP contribution in [0.5, 0.6) is 0 Å². The first-order chi connectivity index (χ1) is 15.1. The highest BCUT2D eigenvalue weighted by Gasteiger charge is 2.59. The Bertz CT molecular complexity index is 842. The molecule has 5 heteroatoms. The van der Waals surface area contributed by atoms with Crippen LogP contribution in [0, 0.1) is 11.3 Å². The van der Waals surface area contributed by atoms with E-state index < -0.39 is 17.4 Å². The molecule has 164 valence electrons. The monoisotopic (exact) mass is 438 g/mol. The van der Waals surface area contributed by atoms with Gasteiger partial charge in [0.15, 0.2) is 5.41 Å². The Kier molecular flexibility index (Phi) is 7.97. The van der Waals surface area contributed by atoms with E-state index >= 15 is 0 Å². The van der Waals surface area contributed by atoms with Crippen molar-refractivity contribution in [2.75, 3.05) is 19.5 Å². The van der Waals surface area contributed by atoms with E-state index in [1.165, 1.54) is 16.0 Å². The first kappa shape index (κ1) is 23.1. The molecule has 0 heterocycles. The van der Waals surface area contributed by atoms with Crippen molar-refractivity contribution in [1.29, 1.82) is 0 Å². The van der Waals surface area contributed by atoms with Gasteiger partial charge in [0.05, 0.1) is 13.2 Å². The largest absolute Gasteiger partial charge is 0.465 e. The van der Waals surface area contributed by atoms with E-state index in [0.717, 1.165) is 0 Å². The molecule has 1 fully saturated rings. The number of benzene rings is 2. The van der Waals surface area contributed by atoms with Gasteiger partial charge in [-0.05, 0) is 54.9 Å². The van der Waals surface area contributed by atoms with E-state index in [9.17, 15) is 9.59 Å².